The van der Waals surface area contributed by atoms with Crippen LogP contribution in [0.5, 0.6) is 0 Å². The van der Waals surface area contributed by atoms with E-state index in [1.165, 1.54) is 52.0 Å². The first-order chi connectivity index (χ1) is 7.33. The van der Waals surface area contributed by atoms with E-state index in [9.17, 15) is 0 Å². The molecule has 0 bridgehead atoms. The molecule has 3 atom stereocenters. The number of piperidine rings is 1. The number of nitrogens with zero attached hydrogens (tertiary/aromatic N) is 2. The van der Waals surface area contributed by atoms with Gasteiger partial charge in [0, 0.05) is 31.7 Å². The van der Waals surface area contributed by atoms with Crippen LogP contribution in [-0.2, 0) is 0 Å². The molecule has 0 amide bonds. The summed E-state index contributed by atoms with van der Waals surface area (Å²) in [5.41, 5.74) is 0. The van der Waals surface area contributed by atoms with Crippen molar-refractivity contribution >= 4 is 0 Å². The molecule has 0 aliphatic carbocycles. The second-order valence-electron chi connectivity index (χ2n) is 5.62. The quantitative estimate of drug-likeness (QED) is 0.673. The molecule has 3 rings (SSSR count). The molecule has 3 heteroatoms. The van der Waals surface area contributed by atoms with E-state index in [-0.39, 0.29) is 0 Å². The Labute approximate surface area is 92.8 Å². The lowest BCUT2D eigenvalue weighted by Gasteiger charge is -2.25. The lowest BCUT2D eigenvalue weighted by molar-refractivity contribution is 0.232. The average molecular weight is 209 g/mol. The maximum absolute atomic E-state index is 3.69. The molecule has 1 N–H and O–H groups in total. The summed E-state index contributed by atoms with van der Waals surface area (Å²) >= 11 is 0. The van der Waals surface area contributed by atoms with Gasteiger partial charge in [-0.2, -0.15) is 0 Å². The van der Waals surface area contributed by atoms with Gasteiger partial charge in [0.1, 0.15) is 0 Å². The summed E-state index contributed by atoms with van der Waals surface area (Å²) in [6, 6.07) is 1.66. The van der Waals surface area contributed by atoms with Crippen molar-refractivity contribution < 1.29 is 0 Å². The zero-order valence-electron chi connectivity index (χ0n) is 9.78. The van der Waals surface area contributed by atoms with Crippen molar-refractivity contribution in [3.05, 3.63) is 0 Å². The maximum Gasteiger partial charge on any atom is 0.0236 e. The highest BCUT2D eigenvalue weighted by Crippen LogP contribution is 2.28. The van der Waals surface area contributed by atoms with Crippen molar-refractivity contribution in [2.24, 2.45) is 5.92 Å². The van der Waals surface area contributed by atoms with Crippen LogP contribution in [0.1, 0.15) is 19.3 Å². The Morgan fingerprint density at radius 2 is 2.07 bits per heavy atom. The van der Waals surface area contributed by atoms with Gasteiger partial charge in [-0.3, -0.25) is 4.90 Å². The van der Waals surface area contributed by atoms with Crippen LogP contribution in [-0.4, -0.2) is 61.7 Å². The van der Waals surface area contributed by atoms with Crippen LogP contribution in [0.25, 0.3) is 0 Å². The van der Waals surface area contributed by atoms with Crippen LogP contribution in [0, 0.1) is 5.92 Å². The number of likely N-dealkylation sites (N-methyl/N-ethyl adjacent to an activating group) is 1. The molecule has 3 aliphatic rings. The molecule has 0 aromatic carbocycles. The van der Waals surface area contributed by atoms with Gasteiger partial charge in [-0.25, -0.2) is 0 Å². The normalized spacial score (nSPS) is 43.4. The van der Waals surface area contributed by atoms with Gasteiger partial charge in [-0.05, 0) is 45.3 Å². The van der Waals surface area contributed by atoms with E-state index in [0.29, 0.717) is 0 Å². The lowest BCUT2D eigenvalue weighted by Crippen LogP contribution is -2.41. The maximum atomic E-state index is 3.69. The Kier molecular flexibility index (Phi) is 2.71. The van der Waals surface area contributed by atoms with Crippen LogP contribution in [0.2, 0.25) is 0 Å². The van der Waals surface area contributed by atoms with E-state index in [0.717, 1.165) is 18.0 Å². The predicted octanol–water partition coefficient (Wildman–Crippen LogP) is 0.374. The molecule has 3 aliphatic heterocycles. The highest BCUT2D eigenvalue weighted by Gasteiger charge is 2.38. The van der Waals surface area contributed by atoms with E-state index in [1.54, 1.807) is 0 Å². The van der Waals surface area contributed by atoms with Gasteiger partial charge in [-0.1, -0.05) is 0 Å². The van der Waals surface area contributed by atoms with Crippen molar-refractivity contribution in [2.45, 2.75) is 31.3 Å². The molecule has 86 valence electrons. The van der Waals surface area contributed by atoms with Crippen molar-refractivity contribution in [1.82, 2.24) is 15.1 Å². The summed E-state index contributed by atoms with van der Waals surface area (Å²) in [4.78, 5) is 5.22. The first-order valence-electron chi connectivity index (χ1n) is 6.49. The molecule has 0 radical (unpaired) electrons. The molecule has 0 spiro atoms. The van der Waals surface area contributed by atoms with Gasteiger partial charge in [0.2, 0.25) is 0 Å². The highest BCUT2D eigenvalue weighted by atomic mass is 15.3. The fraction of sp³-hybridized carbons (Fsp3) is 1.00. The number of hydrogen-bond donors (Lipinski definition) is 1. The third-order valence-electron chi connectivity index (χ3n) is 4.51. The minimum absolute atomic E-state index is 0.810. The Bertz CT molecular complexity index is 217. The highest BCUT2D eigenvalue weighted by molar-refractivity contribution is 4.96. The zero-order chi connectivity index (χ0) is 10.3. The number of hydrogen-bond acceptors (Lipinski definition) is 3. The summed E-state index contributed by atoms with van der Waals surface area (Å²) in [6.07, 6.45) is 4.23. The molecule has 3 unspecified atom stereocenters. The fourth-order valence-corrected chi connectivity index (χ4v) is 3.59. The van der Waals surface area contributed by atoms with Crippen LogP contribution in [0.15, 0.2) is 0 Å². The van der Waals surface area contributed by atoms with Gasteiger partial charge < -0.3 is 10.2 Å². The van der Waals surface area contributed by atoms with Crippen molar-refractivity contribution in [1.29, 1.82) is 0 Å². The van der Waals surface area contributed by atoms with E-state index in [1.807, 2.05) is 0 Å². The van der Waals surface area contributed by atoms with Crippen molar-refractivity contribution in [2.75, 3.05) is 39.8 Å². The monoisotopic (exact) mass is 209 g/mol. The summed E-state index contributed by atoms with van der Waals surface area (Å²) < 4.78 is 0. The largest absolute Gasteiger partial charge is 0.312 e. The SMILES string of the molecule is CN1CCC(N2CC3CCCNC3C2)C1. The zero-order valence-corrected chi connectivity index (χ0v) is 9.78. The summed E-state index contributed by atoms with van der Waals surface area (Å²) in [6.45, 7) is 6.50. The van der Waals surface area contributed by atoms with E-state index < -0.39 is 0 Å². The van der Waals surface area contributed by atoms with E-state index >= 15 is 0 Å². The van der Waals surface area contributed by atoms with Gasteiger partial charge in [0.05, 0.1) is 0 Å². The third-order valence-corrected chi connectivity index (χ3v) is 4.51. The van der Waals surface area contributed by atoms with E-state index in [2.05, 4.69) is 22.2 Å². The number of nitrogens with one attached hydrogen (secondary N) is 1. The molecule has 3 nitrogen and oxygen atoms in total. The van der Waals surface area contributed by atoms with Crippen LogP contribution in [0.4, 0.5) is 0 Å². The molecule has 3 fully saturated rings. The minimum Gasteiger partial charge on any atom is -0.312 e. The summed E-state index contributed by atoms with van der Waals surface area (Å²) in [5.74, 6) is 0.949. The molecule has 3 saturated heterocycles. The Hall–Kier alpha value is -0.120. The van der Waals surface area contributed by atoms with Crippen molar-refractivity contribution in [3.63, 3.8) is 0 Å². The first kappa shape index (κ1) is 10.1. The van der Waals surface area contributed by atoms with E-state index in [4.69, 9.17) is 0 Å². The standard InChI is InChI=1S/C12H23N3/c1-14-6-4-11(8-14)15-7-10-3-2-5-13-12(10)9-15/h10-13H,2-9H2,1H3. The van der Waals surface area contributed by atoms with Crippen molar-refractivity contribution in [3.8, 4) is 0 Å². The van der Waals surface area contributed by atoms with Gasteiger partial charge >= 0.3 is 0 Å². The molecule has 0 saturated carbocycles. The summed E-state index contributed by atoms with van der Waals surface area (Å²) in [5, 5.41) is 3.69. The smallest absolute Gasteiger partial charge is 0.0236 e. The Balaban J connectivity index is 1.60. The van der Waals surface area contributed by atoms with Gasteiger partial charge in [-0.15, -0.1) is 0 Å². The van der Waals surface area contributed by atoms with Gasteiger partial charge in [0.25, 0.3) is 0 Å². The second kappa shape index (κ2) is 4.04. The number of fused-ring (bicyclic) bond motifs is 1. The van der Waals surface area contributed by atoms with Crippen LogP contribution in [0.3, 0.4) is 0 Å². The average Bonchev–Trinajstić information content (AvgIpc) is 2.82. The second-order valence-corrected chi connectivity index (χ2v) is 5.62. The number of rotatable bonds is 1. The van der Waals surface area contributed by atoms with Crippen LogP contribution < -0.4 is 5.32 Å². The Morgan fingerprint density at radius 1 is 1.13 bits per heavy atom. The first-order valence-corrected chi connectivity index (χ1v) is 6.49. The Morgan fingerprint density at radius 3 is 2.80 bits per heavy atom. The van der Waals surface area contributed by atoms with Gasteiger partial charge in [0.15, 0.2) is 0 Å². The fourth-order valence-electron chi connectivity index (χ4n) is 3.59. The minimum atomic E-state index is 0.810. The third kappa shape index (κ3) is 1.93. The molecular weight excluding hydrogens is 186 g/mol. The van der Waals surface area contributed by atoms with Crippen LogP contribution >= 0.6 is 0 Å². The molecule has 0 aromatic rings. The molecular formula is C12H23N3. The summed E-state index contributed by atoms with van der Waals surface area (Å²) in [7, 11) is 2.25. The molecule has 15 heavy (non-hydrogen) atoms. The number of likely N-dealkylation sites (tertiary alicyclic amines) is 2. The molecule has 0 aromatic heterocycles. The topological polar surface area (TPSA) is 18.5 Å². The molecule has 3 heterocycles. The lowest BCUT2D eigenvalue weighted by atomic mass is 9.94. The predicted molar refractivity (Wildman–Crippen MR) is 62.0 cm³/mol.